The summed E-state index contributed by atoms with van der Waals surface area (Å²) in [5, 5.41) is 4.01. The molecule has 6 nitrogen and oxygen atoms in total. The van der Waals surface area contributed by atoms with Gasteiger partial charge in [-0.3, -0.25) is 4.79 Å². The molecule has 1 spiro atoms. The molecule has 3 aromatic rings. The van der Waals surface area contributed by atoms with E-state index in [9.17, 15) is 4.79 Å². The molecule has 0 radical (unpaired) electrons. The normalized spacial score (nSPS) is 17.3. The molecule has 29 heavy (non-hydrogen) atoms. The van der Waals surface area contributed by atoms with E-state index in [1.165, 1.54) is 11.1 Å². The first-order valence-corrected chi connectivity index (χ1v) is 9.81. The molecule has 1 saturated heterocycles. The van der Waals surface area contributed by atoms with Crippen LogP contribution in [0, 0.1) is 0 Å². The van der Waals surface area contributed by atoms with Crippen LogP contribution in [-0.4, -0.2) is 36.2 Å². The standard InChI is InChI=1S/C23H22N2O4/c1-27-18-8-6-16(7-9-18)21-14-20(24-29-21)22(26)25-12-10-23(11-13-25)19-5-3-2-4-17(19)15-28-23/h2-9,14H,10-13,15H2,1H3. The van der Waals surface area contributed by atoms with Crippen molar-refractivity contribution in [2.45, 2.75) is 25.0 Å². The van der Waals surface area contributed by atoms with Crippen molar-refractivity contribution >= 4 is 5.91 Å². The fourth-order valence-corrected chi connectivity index (χ4v) is 4.30. The molecule has 3 heterocycles. The van der Waals surface area contributed by atoms with Crippen LogP contribution in [0.3, 0.4) is 0 Å². The smallest absolute Gasteiger partial charge is 0.276 e. The molecule has 6 heteroatoms. The minimum atomic E-state index is -0.258. The molecular formula is C23H22N2O4. The van der Waals surface area contributed by atoms with Crippen molar-refractivity contribution in [3.05, 3.63) is 71.4 Å². The second-order valence-corrected chi connectivity index (χ2v) is 7.54. The van der Waals surface area contributed by atoms with Crippen LogP contribution < -0.4 is 4.74 Å². The van der Waals surface area contributed by atoms with Gasteiger partial charge in [0.2, 0.25) is 0 Å². The number of hydrogen-bond acceptors (Lipinski definition) is 5. The first-order valence-electron chi connectivity index (χ1n) is 9.81. The lowest BCUT2D eigenvalue weighted by Gasteiger charge is -2.39. The number of methoxy groups -OCH3 is 1. The van der Waals surface area contributed by atoms with Gasteiger partial charge in [-0.1, -0.05) is 29.4 Å². The van der Waals surface area contributed by atoms with Gasteiger partial charge in [0.15, 0.2) is 11.5 Å². The molecule has 0 N–H and O–H groups in total. The monoisotopic (exact) mass is 390 g/mol. The average Bonchev–Trinajstić information content (AvgIpc) is 3.41. The lowest BCUT2D eigenvalue weighted by Crippen LogP contribution is -2.45. The number of rotatable bonds is 3. The molecule has 1 fully saturated rings. The van der Waals surface area contributed by atoms with E-state index in [2.05, 4.69) is 23.4 Å². The number of piperidine rings is 1. The zero-order valence-electron chi connectivity index (χ0n) is 16.3. The van der Waals surface area contributed by atoms with Crippen LogP contribution in [0.1, 0.15) is 34.5 Å². The molecule has 0 unspecified atom stereocenters. The van der Waals surface area contributed by atoms with Gasteiger partial charge in [-0.25, -0.2) is 0 Å². The minimum Gasteiger partial charge on any atom is -0.497 e. The topological polar surface area (TPSA) is 64.8 Å². The largest absolute Gasteiger partial charge is 0.497 e. The van der Waals surface area contributed by atoms with Crippen molar-refractivity contribution in [2.24, 2.45) is 0 Å². The Hall–Kier alpha value is -3.12. The van der Waals surface area contributed by atoms with E-state index < -0.39 is 0 Å². The van der Waals surface area contributed by atoms with Crippen molar-refractivity contribution in [3.8, 4) is 17.1 Å². The predicted octanol–water partition coefficient (Wildman–Crippen LogP) is 4.01. The minimum absolute atomic E-state index is 0.102. The van der Waals surface area contributed by atoms with Gasteiger partial charge >= 0.3 is 0 Å². The Morgan fingerprint density at radius 2 is 1.86 bits per heavy atom. The second kappa shape index (κ2) is 7.04. The number of carbonyl (C=O) groups is 1. The molecule has 0 aliphatic carbocycles. The maximum absolute atomic E-state index is 12.9. The Kier molecular flexibility index (Phi) is 4.36. The van der Waals surface area contributed by atoms with Crippen molar-refractivity contribution < 1.29 is 18.8 Å². The fraction of sp³-hybridized carbons (Fsp3) is 0.304. The Bertz CT molecular complexity index is 1030. The van der Waals surface area contributed by atoms with E-state index in [0.29, 0.717) is 31.2 Å². The third kappa shape index (κ3) is 3.09. The van der Waals surface area contributed by atoms with Crippen LogP contribution in [0.4, 0.5) is 0 Å². The highest BCUT2D eigenvalue weighted by atomic mass is 16.5. The van der Waals surface area contributed by atoms with Gasteiger partial charge in [0.1, 0.15) is 5.75 Å². The van der Waals surface area contributed by atoms with Crippen molar-refractivity contribution in [1.82, 2.24) is 10.1 Å². The average molecular weight is 390 g/mol. The predicted molar refractivity (Wildman–Crippen MR) is 107 cm³/mol. The zero-order chi connectivity index (χ0) is 19.8. The summed E-state index contributed by atoms with van der Waals surface area (Å²) in [5.74, 6) is 1.23. The number of hydrogen-bond donors (Lipinski definition) is 0. The number of benzene rings is 2. The molecular weight excluding hydrogens is 368 g/mol. The highest BCUT2D eigenvalue weighted by Crippen LogP contribution is 2.44. The lowest BCUT2D eigenvalue weighted by molar-refractivity contribution is -0.0742. The molecule has 2 aliphatic rings. The summed E-state index contributed by atoms with van der Waals surface area (Å²) in [7, 11) is 1.62. The molecule has 148 valence electrons. The van der Waals surface area contributed by atoms with E-state index in [0.717, 1.165) is 24.2 Å². The second-order valence-electron chi connectivity index (χ2n) is 7.54. The first kappa shape index (κ1) is 17.9. The van der Waals surface area contributed by atoms with Crippen molar-refractivity contribution in [3.63, 3.8) is 0 Å². The summed E-state index contributed by atoms with van der Waals surface area (Å²) in [6, 6.07) is 17.5. The van der Waals surface area contributed by atoms with Gasteiger partial charge in [-0.15, -0.1) is 0 Å². The van der Waals surface area contributed by atoms with Crippen LogP contribution in [0.2, 0.25) is 0 Å². The van der Waals surface area contributed by atoms with E-state index in [1.807, 2.05) is 35.2 Å². The van der Waals surface area contributed by atoms with Gasteiger partial charge in [0.25, 0.3) is 5.91 Å². The number of fused-ring (bicyclic) bond motifs is 2. The van der Waals surface area contributed by atoms with Crippen LogP contribution >= 0.6 is 0 Å². The summed E-state index contributed by atoms with van der Waals surface area (Å²) in [6.45, 7) is 1.93. The number of likely N-dealkylation sites (tertiary alicyclic amines) is 1. The van der Waals surface area contributed by atoms with Crippen LogP contribution in [-0.2, 0) is 16.9 Å². The molecule has 5 rings (SSSR count). The van der Waals surface area contributed by atoms with Gasteiger partial charge in [-0.2, -0.15) is 0 Å². The maximum Gasteiger partial charge on any atom is 0.276 e. The highest BCUT2D eigenvalue weighted by molar-refractivity contribution is 5.93. The summed E-state index contributed by atoms with van der Waals surface area (Å²) in [6.07, 6.45) is 1.58. The van der Waals surface area contributed by atoms with Gasteiger partial charge in [0.05, 0.1) is 19.3 Å². The fourth-order valence-electron chi connectivity index (χ4n) is 4.30. The van der Waals surface area contributed by atoms with Crippen molar-refractivity contribution in [1.29, 1.82) is 0 Å². The zero-order valence-corrected chi connectivity index (χ0v) is 16.3. The number of carbonyl (C=O) groups excluding carboxylic acids is 1. The quantitative estimate of drug-likeness (QED) is 0.676. The highest BCUT2D eigenvalue weighted by Gasteiger charge is 2.43. The number of amides is 1. The molecule has 1 aromatic heterocycles. The molecule has 0 atom stereocenters. The van der Waals surface area contributed by atoms with E-state index >= 15 is 0 Å². The van der Waals surface area contributed by atoms with Crippen LogP contribution in [0.15, 0.2) is 59.1 Å². The van der Waals surface area contributed by atoms with E-state index in [-0.39, 0.29) is 11.5 Å². The maximum atomic E-state index is 12.9. The van der Waals surface area contributed by atoms with Crippen molar-refractivity contribution in [2.75, 3.05) is 20.2 Å². The van der Waals surface area contributed by atoms with Crippen LogP contribution in [0.5, 0.6) is 5.75 Å². The Morgan fingerprint density at radius 3 is 2.62 bits per heavy atom. The summed E-state index contributed by atoms with van der Waals surface area (Å²) in [4.78, 5) is 14.8. The number of aromatic nitrogens is 1. The van der Waals surface area contributed by atoms with E-state index in [1.54, 1.807) is 13.2 Å². The molecule has 0 saturated carbocycles. The van der Waals surface area contributed by atoms with Gasteiger partial charge in [0, 0.05) is 24.7 Å². The third-order valence-corrected chi connectivity index (χ3v) is 5.97. The third-order valence-electron chi connectivity index (χ3n) is 5.97. The Labute approximate surface area is 169 Å². The van der Waals surface area contributed by atoms with Crippen LogP contribution in [0.25, 0.3) is 11.3 Å². The first-order chi connectivity index (χ1) is 14.2. The summed E-state index contributed by atoms with van der Waals surface area (Å²) >= 11 is 0. The molecule has 2 aliphatic heterocycles. The molecule has 2 aromatic carbocycles. The Balaban J connectivity index is 1.29. The van der Waals surface area contributed by atoms with Gasteiger partial charge < -0.3 is 18.9 Å². The molecule has 0 bridgehead atoms. The summed E-state index contributed by atoms with van der Waals surface area (Å²) in [5.41, 5.74) is 3.46. The summed E-state index contributed by atoms with van der Waals surface area (Å²) < 4.78 is 16.8. The van der Waals surface area contributed by atoms with Gasteiger partial charge in [-0.05, 0) is 48.2 Å². The number of nitrogens with zero attached hydrogens (tertiary/aromatic N) is 2. The SMILES string of the molecule is COc1ccc(-c2cc(C(=O)N3CCC4(CC3)OCc3ccccc34)no2)cc1. The molecule has 1 amide bonds. The lowest BCUT2D eigenvalue weighted by atomic mass is 9.84. The van der Waals surface area contributed by atoms with E-state index in [4.69, 9.17) is 14.0 Å². The Morgan fingerprint density at radius 1 is 1.10 bits per heavy atom. The number of ether oxygens (including phenoxy) is 2.